The van der Waals surface area contributed by atoms with Gasteiger partial charge >= 0.3 is 0 Å². The molecule has 1 aromatic rings. The van der Waals surface area contributed by atoms with Crippen LogP contribution < -0.4 is 5.73 Å². The number of pyridine rings is 1. The van der Waals surface area contributed by atoms with Crippen LogP contribution >= 0.6 is 12.4 Å². The van der Waals surface area contributed by atoms with Crippen molar-refractivity contribution in [3.63, 3.8) is 0 Å². The molecule has 0 unspecified atom stereocenters. The Balaban J connectivity index is 0.000000750. The van der Waals surface area contributed by atoms with E-state index in [1.807, 2.05) is 13.0 Å². The maximum Gasteiger partial charge on any atom is 0.0470 e. The first-order chi connectivity index (χ1) is 6.12. The lowest BCUT2D eigenvalue weighted by Gasteiger charge is -2.68. The summed E-state index contributed by atoms with van der Waals surface area (Å²) in [7, 11) is 0. The van der Waals surface area contributed by atoms with E-state index in [0.717, 1.165) is 25.0 Å². The Hall–Kier alpha value is -0.600. The van der Waals surface area contributed by atoms with Crippen LogP contribution in [0, 0.1) is 6.92 Å². The first-order valence-electron chi connectivity index (χ1n) is 4.85. The lowest BCUT2D eigenvalue weighted by molar-refractivity contribution is -0.0621. The highest BCUT2D eigenvalue weighted by Gasteiger charge is 2.67. The Labute approximate surface area is 90.3 Å². The third-order valence-corrected chi connectivity index (χ3v) is 3.50. The van der Waals surface area contributed by atoms with E-state index in [9.17, 15) is 0 Å². The van der Waals surface area contributed by atoms with Gasteiger partial charge in [0, 0.05) is 22.3 Å². The molecule has 3 aliphatic carbocycles. The van der Waals surface area contributed by atoms with Gasteiger partial charge in [-0.25, -0.2) is 0 Å². The van der Waals surface area contributed by atoms with Crippen LogP contribution in [0.2, 0.25) is 0 Å². The molecule has 0 radical (unpaired) electrons. The highest BCUT2D eigenvalue weighted by Crippen LogP contribution is 2.65. The minimum Gasteiger partial charge on any atom is -0.325 e. The topological polar surface area (TPSA) is 38.9 Å². The number of rotatable bonds is 1. The molecule has 14 heavy (non-hydrogen) atoms. The predicted octanol–water partition coefficient (Wildman–Crippen LogP) is 1.94. The number of aromatic nitrogens is 1. The van der Waals surface area contributed by atoms with Crippen molar-refractivity contribution in [1.82, 2.24) is 4.98 Å². The number of hydrogen-bond donors (Lipinski definition) is 1. The molecule has 2 bridgehead atoms. The number of hydrogen-bond acceptors (Lipinski definition) is 2. The van der Waals surface area contributed by atoms with Gasteiger partial charge in [0.25, 0.3) is 0 Å². The lowest BCUT2D eigenvalue weighted by atomic mass is 9.39. The summed E-state index contributed by atoms with van der Waals surface area (Å²) in [5.74, 6) is 0. The van der Waals surface area contributed by atoms with Crippen molar-refractivity contribution in [3.05, 3.63) is 29.6 Å². The maximum atomic E-state index is 6.02. The van der Waals surface area contributed by atoms with Gasteiger partial charge in [0.1, 0.15) is 0 Å². The van der Waals surface area contributed by atoms with Crippen molar-refractivity contribution in [2.45, 2.75) is 37.1 Å². The standard InChI is InChI=1S/C11H14N2.ClH/c1-8-3-2-4-9(13-8)10-5-11(12,6-10)7-10;/h2-4H,5-7,12H2,1H3;1H. The maximum absolute atomic E-state index is 6.02. The van der Waals surface area contributed by atoms with Crippen molar-refractivity contribution in [2.75, 3.05) is 0 Å². The van der Waals surface area contributed by atoms with Crippen molar-refractivity contribution >= 4 is 12.4 Å². The molecule has 1 aromatic heterocycles. The molecular formula is C11H15ClN2. The van der Waals surface area contributed by atoms with Crippen LogP contribution in [0.4, 0.5) is 0 Å². The van der Waals surface area contributed by atoms with E-state index in [4.69, 9.17) is 5.73 Å². The van der Waals surface area contributed by atoms with E-state index in [2.05, 4.69) is 17.1 Å². The number of nitrogens with zero attached hydrogens (tertiary/aromatic N) is 1. The molecule has 0 spiro atoms. The van der Waals surface area contributed by atoms with E-state index in [-0.39, 0.29) is 17.9 Å². The number of aryl methyl sites for hydroxylation is 1. The Morgan fingerprint density at radius 2 is 1.93 bits per heavy atom. The van der Waals surface area contributed by atoms with Crippen molar-refractivity contribution < 1.29 is 0 Å². The molecule has 3 heteroatoms. The molecule has 1 heterocycles. The molecule has 2 nitrogen and oxygen atoms in total. The molecule has 3 saturated carbocycles. The summed E-state index contributed by atoms with van der Waals surface area (Å²) in [6.07, 6.45) is 3.45. The van der Waals surface area contributed by atoms with E-state index in [1.54, 1.807) is 0 Å². The third-order valence-electron chi connectivity index (χ3n) is 3.50. The summed E-state index contributed by atoms with van der Waals surface area (Å²) in [5.41, 5.74) is 8.96. The highest BCUT2D eigenvalue weighted by molar-refractivity contribution is 5.85. The van der Waals surface area contributed by atoms with Gasteiger partial charge in [-0.1, -0.05) is 6.07 Å². The molecule has 0 atom stereocenters. The van der Waals surface area contributed by atoms with Crippen LogP contribution in [-0.4, -0.2) is 10.5 Å². The fraction of sp³-hybridized carbons (Fsp3) is 0.545. The van der Waals surface area contributed by atoms with Gasteiger partial charge in [-0.2, -0.15) is 0 Å². The van der Waals surface area contributed by atoms with Crippen LogP contribution in [-0.2, 0) is 5.41 Å². The monoisotopic (exact) mass is 210 g/mol. The summed E-state index contributed by atoms with van der Waals surface area (Å²) in [5, 5.41) is 0. The van der Waals surface area contributed by atoms with E-state index in [1.165, 1.54) is 5.69 Å². The fourth-order valence-corrected chi connectivity index (χ4v) is 2.98. The second kappa shape index (κ2) is 2.71. The first kappa shape index (κ1) is 9.94. The van der Waals surface area contributed by atoms with Crippen molar-refractivity contribution in [2.24, 2.45) is 5.73 Å². The third kappa shape index (κ3) is 1.11. The molecule has 0 saturated heterocycles. The van der Waals surface area contributed by atoms with E-state index in [0.29, 0.717) is 5.41 Å². The molecule has 0 aromatic carbocycles. The Bertz CT molecular complexity index is 356. The highest BCUT2D eigenvalue weighted by atomic mass is 35.5. The molecular weight excluding hydrogens is 196 g/mol. The van der Waals surface area contributed by atoms with Crippen molar-refractivity contribution in [3.8, 4) is 0 Å². The summed E-state index contributed by atoms with van der Waals surface area (Å²) < 4.78 is 0. The van der Waals surface area contributed by atoms with E-state index >= 15 is 0 Å². The average Bonchev–Trinajstić information content (AvgIpc) is 1.97. The lowest BCUT2D eigenvalue weighted by Crippen LogP contribution is -2.74. The summed E-state index contributed by atoms with van der Waals surface area (Å²) in [6, 6.07) is 6.29. The zero-order valence-corrected chi connectivity index (χ0v) is 9.10. The predicted molar refractivity (Wildman–Crippen MR) is 58.7 cm³/mol. The van der Waals surface area contributed by atoms with Crippen LogP contribution in [0.15, 0.2) is 18.2 Å². The summed E-state index contributed by atoms with van der Waals surface area (Å²) >= 11 is 0. The number of halogens is 1. The van der Waals surface area contributed by atoms with Crippen molar-refractivity contribution in [1.29, 1.82) is 0 Å². The SMILES string of the molecule is Cc1cccc(C23CC(N)(C2)C3)n1.Cl. The van der Waals surface area contributed by atoms with Gasteiger partial charge in [-0.05, 0) is 38.3 Å². The second-order valence-electron chi connectivity index (χ2n) is 4.84. The van der Waals surface area contributed by atoms with Crippen LogP contribution in [0.25, 0.3) is 0 Å². The van der Waals surface area contributed by atoms with Crippen LogP contribution in [0.3, 0.4) is 0 Å². The Morgan fingerprint density at radius 1 is 1.29 bits per heavy atom. The molecule has 0 aliphatic heterocycles. The molecule has 2 N–H and O–H groups in total. The minimum atomic E-state index is 0. The van der Waals surface area contributed by atoms with Crippen LogP contribution in [0.1, 0.15) is 30.7 Å². The molecule has 3 fully saturated rings. The zero-order chi connectivity index (χ0) is 9.10. The Kier molecular flexibility index (Phi) is 1.92. The smallest absolute Gasteiger partial charge is 0.0470 e. The first-order valence-corrected chi connectivity index (χ1v) is 4.85. The van der Waals surface area contributed by atoms with Gasteiger partial charge in [-0.15, -0.1) is 12.4 Å². The fourth-order valence-electron chi connectivity index (χ4n) is 2.98. The molecule has 0 amide bonds. The van der Waals surface area contributed by atoms with Gasteiger partial charge < -0.3 is 5.73 Å². The van der Waals surface area contributed by atoms with Gasteiger partial charge in [0.15, 0.2) is 0 Å². The summed E-state index contributed by atoms with van der Waals surface area (Å²) in [4.78, 5) is 4.58. The molecule has 3 aliphatic rings. The zero-order valence-electron chi connectivity index (χ0n) is 8.29. The number of nitrogens with two attached hydrogens (primary N) is 1. The normalized spacial score (nSPS) is 37.9. The second-order valence-corrected chi connectivity index (χ2v) is 4.84. The van der Waals surface area contributed by atoms with Gasteiger partial charge in [0.2, 0.25) is 0 Å². The quantitative estimate of drug-likeness (QED) is 0.770. The summed E-state index contributed by atoms with van der Waals surface area (Å²) in [6.45, 7) is 2.05. The minimum absolute atomic E-state index is 0. The van der Waals surface area contributed by atoms with Crippen LogP contribution in [0.5, 0.6) is 0 Å². The average molecular weight is 211 g/mol. The molecule has 76 valence electrons. The largest absolute Gasteiger partial charge is 0.325 e. The molecule has 4 rings (SSSR count). The van der Waals surface area contributed by atoms with E-state index < -0.39 is 0 Å². The Morgan fingerprint density at radius 3 is 2.43 bits per heavy atom. The van der Waals surface area contributed by atoms with Gasteiger partial charge in [-0.3, -0.25) is 4.98 Å². The van der Waals surface area contributed by atoms with Gasteiger partial charge in [0.05, 0.1) is 0 Å².